The smallest absolute Gasteiger partial charge is 0.410 e. The predicted octanol–water partition coefficient (Wildman–Crippen LogP) is 3.59. The van der Waals surface area contributed by atoms with E-state index in [4.69, 9.17) is 9.47 Å². The number of hydrogen-bond acceptors (Lipinski definition) is 3. The van der Waals surface area contributed by atoms with Gasteiger partial charge in [-0.3, -0.25) is 0 Å². The van der Waals surface area contributed by atoms with Crippen LogP contribution in [0.3, 0.4) is 0 Å². The van der Waals surface area contributed by atoms with Gasteiger partial charge in [0.25, 0.3) is 0 Å². The SMILES string of the molecule is CCCOC1CC2CC1C(CC)N2C(=O)OC(C)(C)C. The summed E-state index contributed by atoms with van der Waals surface area (Å²) in [5.74, 6) is 0.490. The number of piperidine rings is 1. The van der Waals surface area contributed by atoms with Crippen LogP contribution in [-0.2, 0) is 9.47 Å². The Bertz CT molecular complexity index is 350. The maximum absolute atomic E-state index is 12.4. The highest BCUT2D eigenvalue weighted by atomic mass is 16.6. The quantitative estimate of drug-likeness (QED) is 0.791. The zero-order valence-electron chi connectivity index (χ0n) is 13.5. The van der Waals surface area contributed by atoms with Crippen LogP contribution in [0.4, 0.5) is 4.79 Å². The van der Waals surface area contributed by atoms with Gasteiger partial charge in [0, 0.05) is 24.6 Å². The molecule has 1 aliphatic heterocycles. The summed E-state index contributed by atoms with van der Waals surface area (Å²) in [5, 5.41) is 0. The van der Waals surface area contributed by atoms with E-state index in [0.29, 0.717) is 18.1 Å². The number of likely N-dealkylation sites (tertiary alicyclic amines) is 1. The number of ether oxygens (including phenoxy) is 2. The Morgan fingerprint density at radius 2 is 1.95 bits per heavy atom. The molecular weight excluding hydrogens is 254 g/mol. The van der Waals surface area contributed by atoms with Crippen LogP contribution < -0.4 is 0 Å². The molecule has 0 radical (unpaired) electrons. The Morgan fingerprint density at radius 1 is 1.25 bits per heavy atom. The molecule has 2 rings (SSSR count). The van der Waals surface area contributed by atoms with Gasteiger partial charge in [0.15, 0.2) is 0 Å². The van der Waals surface area contributed by atoms with Gasteiger partial charge in [-0.15, -0.1) is 0 Å². The molecule has 2 fully saturated rings. The number of rotatable bonds is 4. The van der Waals surface area contributed by atoms with E-state index in [9.17, 15) is 4.79 Å². The standard InChI is InChI=1S/C16H29NO3/c1-6-8-19-14-10-11-9-12(14)13(7-2)17(11)15(18)20-16(3,4)5/h11-14H,6-10H2,1-5H3. The van der Waals surface area contributed by atoms with Crippen molar-refractivity contribution in [3.63, 3.8) is 0 Å². The summed E-state index contributed by atoms with van der Waals surface area (Å²) in [6, 6.07) is 0.590. The first-order valence-corrected chi connectivity index (χ1v) is 8.00. The molecule has 1 amide bonds. The zero-order valence-corrected chi connectivity index (χ0v) is 13.5. The number of carbonyl (C=O) groups is 1. The van der Waals surface area contributed by atoms with Crippen molar-refractivity contribution in [2.24, 2.45) is 5.92 Å². The summed E-state index contributed by atoms with van der Waals surface area (Å²) in [6.07, 6.45) is 4.27. The molecule has 4 nitrogen and oxygen atoms in total. The lowest BCUT2D eigenvalue weighted by atomic mass is 9.94. The van der Waals surface area contributed by atoms with Gasteiger partial charge in [0.2, 0.25) is 0 Å². The second-order valence-corrected chi connectivity index (χ2v) is 7.06. The first-order valence-electron chi connectivity index (χ1n) is 8.00. The minimum atomic E-state index is -0.421. The van der Waals surface area contributed by atoms with Crippen molar-refractivity contribution in [2.75, 3.05) is 6.61 Å². The molecule has 1 heterocycles. The monoisotopic (exact) mass is 283 g/mol. The first-order chi connectivity index (χ1) is 9.37. The van der Waals surface area contributed by atoms with Crippen LogP contribution in [0, 0.1) is 5.92 Å². The average Bonchev–Trinajstić information content (AvgIpc) is 2.90. The molecule has 0 N–H and O–H groups in total. The summed E-state index contributed by atoms with van der Waals surface area (Å²) in [5.41, 5.74) is -0.421. The molecule has 2 bridgehead atoms. The van der Waals surface area contributed by atoms with Crippen molar-refractivity contribution in [3.8, 4) is 0 Å². The summed E-state index contributed by atoms with van der Waals surface area (Å²) in [6.45, 7) is 10.9. The number of nitrogens with zero attached hydrogens (tertiary/aromatic N) is 1. The molecule has 1 saturated heterocycles. The Morgan fingerprint density at radius 3 is 2.50 bits per heavy atom. The topological polar surface area (TPSA) is 38.8 Å². The van der Waals surface area contributed by atoms with Gasteiger partial charge in [-0.05, 0) is 46.5 Å². The average molecular weight is 283 g/mol. The van der Waals surface area contributed by atoms with Crippen LogP contribution in [0.15, 0.2) is 0 Å². The summed E-state index contributed by atoms with van der Waals surface area (Å²) in [7, 11) is 0. The van der Waals surface area contributed by atoms with Crippen LogP contribution in [-0.4, -0.2) is 41.4 Å². The summed E-state index contributed by atoms with van der Waals surface area (Å²) in [4.78, 5) is 14.4. The number of fused-ring (bicyclic) bond motifs is 2. The molecule has 0 aromatic heterocycles. The Labute approximate surface area is 122 Å². The fraction of sp³-hybridized carbons (Fsp3) is 0.938. The second kappa shape index (κ2) is 5.92. The van der Waals surface area contributed by atoms with Crippen molar-refractivity contribution >= 4 is 6.09 Å². The molecule has 0 aromatic rings. The zero-order chi connectivity index (χ0) is 14.9. The normalized spacial score (nSPS) is 32.8. The molecule has 0 spiro atoms. The molecule has 1 saturated carbocycles. The molecule has 116 valence electrons. The van der Waals surface area contributed by atoms with Gasteiger partial charge >= 0.3 is 6.09 Å². The van der Waals surface area contributed by atoms with E-state index in [1.54, 1.807) is 0 Å². The van der Waals surface area contributed by atoms with Gasteiger partial charge in [-0.2, -0.15) is 0 Å². The molecular formula is C16H29NO3. The van der Waals surface area contributed by atoms with Gasteiger partial charge in [-0.25, -0.2) is 4.79 Å². The van der Waals surface area contributed by atoms with Crippen LogP contribution in [0.1, 0.15) is 60.3 Å². The minimum absolute atomic E-state index is 0.147. The summed E-state index contributed by atoms with van der Waals surface area (Å²) >= 11 is 0. The molecule has 20 heavy (non-hydrogen) atoms. The van der Waals surface area contributed by atoms with Crippen molar-refractivity contribution in [1.29, 1.82) is 0 Å². The molecule has 4 atom stereocenters. The van der Waals surface area contributed by atoms with Crippen LogP contribution >= 0.6 is 0 Å². The van der Waals surface area contributed by atoms with Crippen molar-refractivity contribution in [1.82, 2.24) is 4.90 Å². The highest BCUT2D eigenvalue weighted by Gasteiger charge is 2.53. The van der Waals surface area contributed by atoms with Gasteiger partial charge in [0.1, 0.15) is 5.60 Å². The number of carbonyl (C=O) groups excluding carboxylic acids is 1. The van der Waals surface area contributed by atoms with Crippen molar-refractivity contribution in [2.45, 2.75) is 84.1 Å². The predicted molar refractivity (Wildman–Crippen MR) is 78.7 cm³/mol. The van der Waals surface area contributed by atoms with Gasteiger partial charge in [0.05, 0.1) is 6.10 Å². The third-order valence-corrected chi connectivity index (χ3v) is 4.33. The Kier molecular flexibility index (Phi) is 4.62. The fourth-order valence-electron chi connectivity index (χ4n) is 3.67. The first kappa shape index (κ1) is 15.6. The molecule has 0 aromatic carbocycles. The lowest BCUT2D eigenvalue weighted by molar-refractivity contribution is -0.0367. The highest BCUT2D eigenvalue weighted by Crippen LogP contribution is 2.45. The van der Waals surface area contributed by atoms with Crippen LogP contribution in [0.25, 0.3) is 0 Å². The largest absolute Gasteiger partial charge is 0.444 e. The Hall–Kier alpha value is -0.770. The van der Waals surface area contributed by atoms with Crippen molar-refractivity contribution < 1.29 is 14.3 Å². The van der Waals surface area contributed by atoms with Crippen LogP contribution in [0.2, 0.25) is 0 Å². The molecule has 1 aliphatic carbocycles. The summed E-state index contributed by atoms with van der Waals surface area (Å²) < 4.78 is 11.5. The van der Waals surface area contributed by atoms with Gasteiger partial charge < -0.3 is 14.4 Å². The molecule has 4 heteroatoms. The second-order valence-electron chi connectivity index (χ2n) is 7.06. The van der Waals surface area contributed by atoms with E-state index in [2.05, 4.69) is 13.8 Å². The van der Waals surface area contributed by atoms with E-state index in [0.717, 1.165) is 32.3 Å². The van der Waals surface area contributed by atoms with E-state index < -0.39 is 5.60 Å². The fourth-order valence-corrected chi connectivity index (χ4v) is 3.67. The maximum atomic E-state index is 12.4. The molecule has 2 aliphatic rings. The van der Waals surface area contributed by atoms with Crippen molar-refractivity contribution in [3.05, 3.63) is 0 Å². The van der Waals surface area contributed by atoms with Gasteiger partial charge in [-0.1, -0.05) is 13.8 Å². The Balaban J connectivity index is 2.02. The molecule has 4 unspecified atom stereocenters. The number of hydrogen-bond donors (Lipinski definition) is 0. The minimum Gasteiger partial charge on any atom is -0.444 e. The van der Waals surface area contributed by atoms with E-state index in [-0.39, 0.29) is 12.1 Å². The lowest BCUT2D eigenvalue weighted by Gasteiger charge is -2.39. The maximum Gasteiger partial charge on any atom is 0.410 e. The van der Waals surface area contributed by atoms with E-state index in [1.165, 1.54) is 0 Å². The lowest BCUT2D eigenvalue weighted by Crippen LogP contribution is -2.50. The van der Waals surface area contributed by atoms with Crippen LogP contribution in [0.5, 0.6) is 0 Å². The highest BCUT2D eigenvalue weighted by molar-refractivity contribution is 5.70. The number of amides is 1. The third-order valence-electron chi connectivity index (χ3n) is 4.33. The third kappa shape index (κ3) is 3.11. The van der Waals surface area contributed by atoms with E-state index in [1.807, 2.05) is 25.7 Å². The van der Waals surface area contributed by atoms with E-state index >= 15 is 0 Å².